The molecule has 1 aromatic rings. The molecular formula is C14H12FIN2O2. The van der Waals surface area contributed by atoms with Crippen LogP contribution in [-0.2, 0) is 9.59 Å². The number of hydrogen-bond donors (Lipinski definition) is 0. The Morgan fingerprint density at radius 2 is 2.30 bits per heavy atom. The van der Waals surface area contributed by atoms with Crippen LogP contribution < -0.4 is 4.90 Å². The Kier molecular flexibility index (Phi) is 4.70. The highest BCUT2D eigenvalue weighted by molar-refractivity contribution is 14.1. The quantitative estimate of drug-likeness (QED) is 0.593. The fraction of sp³-hybridized carbons (Fsp3) is 0.357. The van der Waals surface area contributed by atoms with Gasteiger partial charge in [0.1, 0.15) is 5.82 Å². The molecular weight excluding hydrogens is 374 g/mol. The minimum absolute atomic E-state index is 0.199. The molecule has 0 unspecified atom stereocenters. The number of piperidine rings is 1. The number of ketones is 1. The molecule has 1 aliphatic heterocycles. The van der Waals surface area contributed by atoms with Gasteiger partial charge in [-0.3, -0.25) is 9.59 Å². The molecule has 0 saturated carbocycles. The van der Waals surface area contributed by atoms with Gasteiger partial charge in [0.05, 0.1) is 24.1 Å². The van der Waals surface area contributed by atoms with Gasteiger partial charge in [-0.05, 0) is 53.6 Å². The number of hydrogen-bond acceptors (Lipinski definition) is 3. The Morgan fingerprint density at radius 3 is 2.95 bits per heavy atom. The highest BCUT2D eigenvalue weighted by Gasteiger charge is 2.35. The number of halogens is 2. The molecule has 1 heterocycles. The van der Waals surface area contributed by atoms with Crippen molar-refractivity contribution in [1.82, 2.24) is 0 Å². The van der Waals surface area contributed by atoms with E-state index in [1.807, 2.05) is 22.6 Å². The zero-order valence-corrected chi connectivity index (χ0v) is 12.8. The topological polar surface area (TPSA) is 61.2 Å². The second-order valence-electron chi connectivity index (χ2n) is 4.58. The summed E-state index contributed by atoms with van der Waals surface area (Å²) in [5, 5.41) is 8.55. The molecule has 104 valence electrons. The van der Waals surface area contributed by atoms with Crippen molar-refractivity contribution in [2.24, 2.45) is 5.92 Å². The largest absolute Gasteiger partial charge is 0.309 e. The smallest absolute Gasteiger partial charge is 0.237 e. The summed E-state index contributed by atoms with van der Waals surface area (Å²) in [5.41, 5.74) is 0.199. The number of nitriles is 1. The lowest BCUT2D eigenvalue weighted by molar-refractivity contribution is -0.133. The molecule has 1 atom stereocenters. The third-order valence-corrected chi connectivity index (χ3v) is 3.95. The number of benzene rings is 1. The lowest BCUT2D eigenvalue weighted by atomic mass is 9.91. The van der Waals surface area contributed by atoms with Crippen LogP contribution in [0.15, 0.2) is 18.2 Å². The number of carbonyl (C=O) groups excluding carboxylic acids is 2. The van der Waals surface area contributed by atoms with E-state index in [2.05, 4.69) is 0 Å². The predicted molar refractivity (Wildman–Crippen MR) is 79.4 cm³/mol. The van der Waals surface area contributed by atoms with E-state index in [0.717, 1.165) is 3.57 Å². The van der Waals surface area contributed by atoms with Gasteiger partial charge in [0.25, 0.3) is 0 Å². The summed E-state index contributed by atoms with van der Waals surface area (Å²) >= 11 is 1.99. The highest BCUT2D eigenvalue weighted by Crippen LogP contribution is 2.28. The molecule has 1 fully saturated rings. The molecule has 1 aliphatic rings. The normalized spacial score (nSPS) is 18.8. The Hall–Kier alpha value is -1.49. The van der Waals surface area contributed by atoms with Gasteiger partial charge in [0.2, 0.25) is 5.91 Å². The first-order valence-electron chi connectivity index (χ1n) is 6.20. The SMILES string of the molecule is N#CCC(=O)[C@H]1CCCN(c2ccc(I)cc2F)C1=O. The molecule has 6 heteroatoms. The number of Topliss-reactive ketones (excluding diaryl/α,β-unsaturated/α-hetero) is 1. The molecule has 0 aromatic heterocycles. The fourth-order valence-corrected chi connectivity index (χ4v) is 2.77. The average molecular weight is 386 g/mol. The second kappa shape index (κ2) is 6.31. The van der Waals surface area contributed by atoms with E-state index in [9.17, 15) is 14.0 Å². The van der Waals surface area contributed by atoms with E-state index >= 15 is 0 Å². The van der Waals surface area contributed by atoms with Crippen molar-refractivity contribution in [3.63, 3.8) is 0 Å². The van der Waals surface area contributed by atoms with Gasteiger partial charge in [-0.1, -0.05) is 0 Å². The molecule has 0 radical (unpaired) electrons. The van der Waals surface area contributed by atoms with Crippen LogP contribution in [0.2, 0.25) is 0 Å². The predicted octanol–water partition coefficient (Wildman–Crippen LogP) is 2.66. The van der Waals surface area contributed by atoms with Crippen LogP contribution in [0, 0.1) is 26.6 Å². The van der Waals surface area contributed by atoms with Crippen LogP contribution in [0.4, 0.5) is 10.1 Å². The average Bonchev–Trinajstić information content (AvgIpc) is 2.40. The van der Waals surface area contributed by atoms with Crippen LogP contribution in [0.25, 0.3) is 0 Å². The van der Waals surface area contributed by atoms with E-state index < -0.39 is 17.6 Å². The molecule has 1 aromatic carbocycles. The maximum Gasteiger partial charge on any atom is 0.237 e. The van der Waals surface area contributed by atoms with Crippen molar-refractivity contribution in [3.05, 3.63) is 27.6 Å². The molecule has 4 nitrogen and oxygen atoms in total. The van der Waals surface area contributed by atoms with E-state index in [0.29, 0.717) is 19.4 Å². The van der Waals surface area contributed by atoms with Gasteiger partial charge < -0.3 is 4.90 Å². The Bertz CT molecular complexity index is 597. The highest BCUT2D eigenvalue weighted by atomic mass is 127. The molecule has 0 spiro atoms. The van der Waals surface area contributed by atoms with Crippen molar-refractivity contribution < 1.29 is 14.0 Å². The monoisotopic (exact) mass is 386 g/mol. The van der Waals surface area contributed by atoms with E-state index in [1.54, 1.807) is 18.2 Å². The Morgan fingerprint density at radius 1 is 1.55 bits per heavy atom. The number of amides is 1. The molecule has 0 aliphatic carbocycles. The summed E-state index contributed by atoms with van der Waals surface area (Å²) in [7, 11) is 0. The molecule has 1 amide bonds. The summed E-state index contributed by atoms with van der Waals surface area (Å²) in [6.45, 7) is 0.396. The first-order chi connectivity index (χ1) is 9.54. The van der Waals surface area contributed by atoms with Crippen LogP contribution >= 0.6 is 22.6 Å². The third kappa shape index (κ3) is 2.98. The molecule has 20 heavy (non-hydrogen) atoms. The van der Waals surface area contributed by atoms with Gasteiger partial charge >= 0.3 is 0 Å². The zero-order valence-electron chi connectivity index (χ0n) is 10.6. The van der Waals surface area contributed by atoms with Crippen molar-refractivity contribution in [1.29, 1.82) is 5.26 Å². The van der Waals surface area contributed by atoms with Crippen LogP contribution in [-0.4, -0.2) is 18.2 Å². The fourth-order valence-electron chi connectivity index (χ4n) is 2.31. The van der Waals surface area contributed by atoms with Gasteiger partial charge in [-0.2, -0.15) is 5.26 Å². The Labute approximate surface area is 129 Å². The minimum Gasteiger partial charge on any atom is -0.309 e. The van der Waals surface area contributed by atoms with Crippen molar-refractivity contribution >= 4 is 40.0 Å². The van der Waals surface area contributed by atoms with Crippen LogP contribution in [0.1, 0.15) is 19.3 Å². The summed E-state index contributed by atoms with van der Waals surface area (Å²) in [5.74, 6) is -2.08. The van der Waals surface area contributed by atoms with Crippen molar-refractivity contribution in [3.8, 4) is 6.07 Å². The van der Waals surface area contributed by atoms with E-state index in [-0.39, 0.29) is 17.9 Å². The maximum absolute atomic E-state index is 13.9. The maximum atomic E-state index is 13.9. The van der Waals surface area contributed by atoms with Gasteiger partial charge in [-0.25, -0.2) is 4.39 Å². The standard InChI is InChI=1S/C14H12FIN2O2/c15-11-8-9(16)3-4-12(11)18-7-1-2-10(14(18)20)13(19)5-6-17/h3-4,8,10H,1-2,5,7H2/t10-/m1/s1. The van der Waals surface area contributed by atoms with E-state index in [4.69, 9.17) is 5.26 Å². The molecule has 2 rings (SSSR count). The number of anilines is 1. The molecule has 0 bridgehead atoms. The number of nitrogens with zero attached hydrogens (tertiary/aromatic N) is 2. The minimum atomic E-state index is -0.818. The number of rotatable bonds is 3. The summed E-state index contributed by atoms with van der Waals surface area (Å²) in [6, 6.07) is 6.38. The second-order valence-corrected chi connectivity index (χ2v) is 5.83. The van der Waals surface area contributed by atoms with Gasteiger partial charge in [0.15, 0.2) is 5.78 Å². The molecule has 0 N–H and O–H groups in total. The first kappa shape index (κ1) is 14.9. The van der Waals surface area contributed by atoms with Crippen molar-refractivity contribution in [2.75, 3.05) is 11.4 Å². The lowest BCUT2D eigenvalue weighted by Crippen LogP contribution is -2.44. The lowest BCUT2D eigenvalue weighted by Gasteiger charge is -2.31. The summed E-state index contributed by atoms with van der Waals surface area (Å²) in [4.78, 5) is 25.4. The summed E-state index contributed by atoms with van der Waals surface area (Å²) in [6.07, 6.45) is 0.778. The Balaban J connectivity index is 2.26. The van der Waals surface area contributed by atoms with Crippen LogP contribution in [0.3, 0.4) is 0 Å². The molecule has 1 saturated heterocycles. The van der Waals surface area contributed by atoms with Crippen LogP contribution in [0.5, 0.6) is 0 Å². The van der Waals surface area contributed by atoms with E-state index in [1.165, 1.54) is 11.0 Å². The first-order valence-corrected chi connectivity index (χ1v) is 7.28. The third-order valence-electron chi connectivity index (χ3n) is 3.28. The van der Waals surface area contributed by atoms with Gasteiger partial charge in [-0.15, -0.1) is 0 Å². The summed E-state index contributed by atoms with van der Waals surface area (Å²) < 4.78 is 14.7. The number of carbonyl (C=O) groups is 2. The van der Waals surface area contributed by atoms with Crippen molar-refractivity contribution in [2.45, 2.75) is 19.3 Å². The van der Waals surface area contributed by atoms with Gasteiger partial charge in [0, 0.05) is 10.1 Å². The zero-order chi connectivity index (χ0) is 14.7.